The maximum Gasteiger partial charge on any atom is 0.320 e. The number of piperidine rings is 1. The van der Waals surface area contributed by atoms with Gasteiger partial charge in [0.15, 0.2) is 0 Å². The third-order valence-corrected chi connectivity index (χ3v) is 5.25. The first kappa shape index (κ1) is 14.7. The summed E-state index contributed by atoms with van der Waals surface area (Å²) in [7, 11) is -3.88. The third kappa shape index (κ3) is 4.15. The number of carbonyl (C=O) groups is 1. The highest BCUT2D eigenvalue weighted by Gasteiger charge is 2.37. The van der Waals surface area contributed by atoms with Crippen LogP contribution in [-0.4, -0.2) is 42.4 Å². The molecule has 3 N–H and O–H groups in total. The molecule has 0 aromatic heterocycles. The van der Waals surface area contributed by atoms with Crippen molar-refractivity contribution < 1.29 is 22.9 Å². The lowest BCUT2D eigenvalue weighted by atomic mass is 9.69. The quantitative estimate of drug-likeness (QED) is 0.660. The Hall–Kier alpha value is -0.660. The minimum Gasteiger partial charge on any atom is -0.480 e. The van der Waals surface area contributed by atoms with E-state index in [0.29, 0.717) is 24.7 Å². The van der Waals surface area contributed by atoms with Gasteiger partial charge in [-0.15, -0.1) is 0 Å². The van der Waals surface area contributed by atoms with E-state index in [9.17, 15) is 13.2 Å². The molecule has 2 rings (SSSR count). The van der Waals surface area contributed by atoms with Crippen molar-refractivity contribution in [2.75, 3.05) is 12.3 Å². The standard InChI is InChI=1S/C12H21NO5S/c14-12(15)11-6-10-5-8(3-4-19(16,17)18)1-2-9(10)7-13-11/h8-11,13H,1-7H2,(H,14,15)(H,16,17,18)/t8-,9-,10+,11-/m0/s1. The van der Waals surface area contributed by atoms with E-state index < -0.39 is 22.1 Å². The molecule has 0 unspecified atom stereocenters. The van der Waals surface area contributed by atoms with E-state index >= 15 is 0 Å². The summed E-state index contributed by atoms with van der Waals surface area (Å²) in [6, 6.07) is -0.471. The van der Waals surface area contributed by atoms with Crippen LogP contribution in [0.4, 0.5) is 0 Å². The van der Waals surface area contributed by atoms with Crippen LogP contribution in [0.2, 0.25) is 0 Å². The molecule has 110 valence electrons. The van der Waals surface area contributed by atoms with Crippen LogP contribution in [0.15, 0.2) is 0 Å². The van der Waals surface area contributed by atoms with Gasteiger partial charge in [-0.05, 0) is 50.0 Å². The number of fused-ring (bicyclic) bond motifs is 1. The van der Waals surface area contributed by atoms with Crippen molar-refractivity contribution in [1.29, 1.82) is 0 Å². The van der Waals surface area contributed by atoms with Gasteiger partial charge in [0.2, 0.25) is 0 Å². The number of carboxylic acid groups (broad SMARTS) is 1. The Morgan fingerprint density at radius 1 is 1.21 bits per heavy atom. The molecular weight excluding hydrogens is 270 g/mol. The largest absolute Gasteiger partial charge is 0.480 e. The van der Waals surface area contributed by atoms with Crippen molar-refractivity contribution in [2.45, 2.75) is 38.1 Å². The van der Waals surface area contributed by atoms with Crippen LogP contribution in [0.5, 0.6) is 0 Å². The number of rotatable bonds is 4. The Bertz CT molecular complexity index is 435. The fourth-order valence-corrected chi connectivity index (χ4v) is 4.06. The Morgan fingerprint density at radius 2 is 1.95 bits per heavy atom. The first-order valence-electron chi connectivity index (χ1n) is 6.76. The second-order valence-corrected chi connectivity index (χ2v) is 7.38. The molecule has 6 nitrogen and oxygen atoms in total. The van der Waals surface area contributed by atoms with Crippen LogP contribution in [0, 0.1) is 17.8 Å². The highest BCUT2D eigenvalue weighted by atomic mass is 32.2. The van der Waals surface area contributed by atoms with Gasteiger partial charge in [0, 0.05) is 0 Å². The summed E-state index contributed by atoms with van der Waals surface area (Å²) < 4.78 is 30.3. The Balaban J connectivity index is 1.87. The number of hydrogen-bond donors (Lipinski definition) is 3. The molecule has 0 amide bonds. The van der Waals surface area contributed by atoms with Gasteiger partial charge < -0.3 is 10.4 Å². The maximum absolute atomic E-state index is 11.0. The molecule has 0 aromatic rings. The first-order valence-corrected chi connectivity index (χ1v) is 8.37. The Labute approximate surface area is 113 Å². The predicted octanol–water partition coefficient (Wildman–Crippen LogP) is 0.743. The lowest BCUT2D eigenvalue weighted by Gasteiger charge is -2.41. The summed E-state index contributed by atoms with van der Waals surface area (Å²) >= 11 is 0. The van der Waals surface area contributed by atoms with Crippen molar-refractivity contribution in [3.05, 3.63) is 0 Å². The van der Waals surface area contributed by atoms with Gasteiger partial charge in [0.25, 0.3) is 10.1 Å². The number of hydrogen-bond acceptors (Lipinski definition) is 4. The average Bonchev–Trinajstić information content (AvgIpc) is 2.34. The monoisotopic (exact) mass is 291 g/mol. The summed E-state index contributed by atoms with van der Waals surface area (Å²) in [4.78, 5) is 11.0. The molecule has 1 saturated carbocycles. The second-order valence-electron chi connectivity index (χ2n) is 5.81. The SMILES string of the molecule is O=C(O)[C@@H]1C[C@H]2C[C@H](CCS(=O)(=O)O)CC[C@H]2CN1. The van der Waals surface area contributed by atoms with E-state index in [-0.39, 0.29) is 11.7 Å². The lowest BCUT2D eigenvalue weighted by Crippen LogP contribution is -2.49. The summed E-state index contributed by atoms with van der Waals surface area (Å²) in [5, 5.41) is 12.1. The molecule has 2 fully saturated rings. The van der Waals surface area contributed by atoms with E-state index in [1.165, 1.54) is 0 Å². The van der Waals surface area contributed by atoms with Crippen LogP contribution >= 0.6 is 0 Å². The van der Waals surface area contributed by atoms with E-state index in [0.717, 1.165) is 25.8 Å². The summed E-state index contributed by atoms with van der Waals surface area (Å²) in [6.07, 6.45) is 3.97. The van der Waals surface area contributed by atoms with Gasteiger partial charge in [-0.2, -0.15) is 8.42 Å². The van der Waals surface area contributed by atoms with Gasteiger partial charge in [0.05, 0.1) is 5.75 Å². The molecule has 0 radical (unpaired) electrons. The van der Waals surface area contributed by atoms with Crippen LogP contribution in [0.1, 0.15) is 32.1 Å². The summed E-state index contributed by atoms with van der Waals surface area (Å²) in [6.45, 7) is 0.743. The Morgan fingerprint density at radius 3 is 2.58 bits per heavy atom. The third-order valence-electron chi connectivity index (χ3n) is 4.50. The molecule has 1 aliphatic carbocycles. The smallest absolute Gasteiger partial charge is 0.320 e. The molecule has 1 heterocycles. The van der Waals surface area contributed by atoms with E-state index in [2.05, 4.69) is 5.32 Å². The molecule has 7 heteroatoms. The molecule has 1 aliphatic heterocycles. The number of aliphatic carboxylic acids is 1. The van der Waals surface area contributed by atoms with Crippen LogP contribution in [0.25, 0.3) is 0 Å². The molecule has 1 saturated heterocycles. The fraction of sp³-hybridized carbons (Fsp3) is 0.917. The summed E-state index contributed by atoms with van der Waals surface area (Å²) in [5.41, 5.74) is 0. The molecule has 0 bridgehead atoms. The average molecular weight is 291 g/mol. The highest BCUT2D eigenvalue weighted by molar-refractivity contribution is 7.85. The minimum absolute atomic E-state index is 0.185. The lowest BCUT2D eigenvalue weighted by molar-refractivity contribution is -0.141. The van der Waals surface area contributed by atoms with E-state index in [4.69, 9.17) is 9.66 Å². The van der Waals surface area contributed by atoms with Gasteiger partial charge in [-0.1, -0.05) is 6.42 Å². The predicted molar refractivity (Wildman–Crippen MR) is 69.4 cm³/mol. The molecule has 4 atom stereocenters. The molecular formula is C12H21NO5S. The van der Waals surface area contributed by atoms with E-state index in [1.807, 2.05) is 0 Å². The Kier molecular flexibility index (Phi) is 4.47. The van der Waals surface area contributed by atoms with Crippen LogP contribution in [-0.2, 0) is 14.9 Å². The van der Waals surface area contributed by atoms with Crippen molar-refractivity contribution >= 4 is 16.1 Å². The second kappa shape index (κ2) is 5.76. The van der Waals surface area contributed by atoms with Crippen molar-refractivity contribution in [3.8, 4) is 0 Å². The van der Waals surface area contributed by atoms with Crippen LogP contribution in [0.3, 0.4) is 0 Å². The zero-order chi connectivity index (χ0) is 14.0. The van der Waals surface area contributed by atoms with Crippen molar-refractivity contribution in [2.24, 2.45) is 17.8 Å². The summed E-state index contributed by atoms with van der Waals surface area (Å²) in [5.74, 6) is 0.171. The van der Waals surface area contributed by atoms with Gasteiger partial charge in [-0.3, -0.25) is 9.35 Å². The zero-order valence-electron chi connectivity index (χ0n) is 10.8. The van der Waals surface area contributed by atoms with Gasteiger partial charge in [-0.25, -0.2) is 0 Å². The van der Waals surface area contributed by atoms with Gasteiger partial charge in [0.1, 0.15) is 6.04 Å². The zero-order valence-corrected chi connectivity index (χ0v) is 11.6. The molecule has 0 aromatic carbocycles. The molecule has 19 heavy (non-hydrogen) atoms. The first-order chi connectivity index (χ1) is 8.85. The number of carboxylic acids is 1. The van der Waals surface area contributed by atoms with Crippen molar-refractivity contribution in [3.63, 3.8) is 0 Å². The molecule has 0 spiro atoms. The highest BCUT2D eigenvalue weighted by Crippen LogP contribution is 2.39. The fourth-order valence-electron chi connectivity index (χ4n) is 3.43. The molecule has 2 aliphatic rings. The van der Waals surface area contributed by atoms with Gasteiger partial charge >= 0.3 is 5.97 Å². The van der Waals surface area contributed by atoms with Crippen molar-refractivity contribution in [1.82, 2.24) is 5.32 Å². The van der Waals surface area contributed by atoms with E-state index in [1.54, 1.807) is 0 Å². The normalized spacial score (nSPS) is 35.6. The van der Waals surface area contributed by atoms with Crippen LogP contribution < -0.4 is 5.32 Å². The maximum atomic E-state index is 11.0. The minimum atomic E-state index is -3.88. The topological polar surface area (TPSA) is 104 Å². The number of nitrogens with one attached hydrogen (secondary N) is 1.